The maximum absolute atomic E-state index is 13.0. The van der Waals surface area contributed by atoms with Crippen LogP contribution in [0.3, 0.4) is 0 Å². The van der Waals surface area contributed by atoms with Crippen LogP contribution in [-0.2, 0) is 4.79 Å². The zero-order valence-electron chi connectivity index (χ0n) is 19.0. The van der Waals surface area contributed by atoms with Gasteiger partial charge in [-0.25, -0.2) is 10.2 Å². The number of nitrogens with zero attached hydrogens (tertiary/aromatic N) is 2. The smallest absolute Gasteiger partial charge is 0.343 e. The van der Waals surface area contributed by atoms with Crippen molar-refractivity contribution in [2.24, 2.45) is 5.10 Å². The SMILES string of the molecule is O=C(Oc1ccc(/C=N/NC(=O)C(c2ccccc2)c2ccccc2)cc1)c1ccc([N+](=O)[O-])cc1. The summed E-state index contributed by atoms with van der Waals surface area (Å²) in [7, 11) is 0. The van der Waals surface area contributed by atoms with E-state index in [1.807, 2.05) is 60.7 Å². The first-order valence-electron chi connectivity index (χ1n) is 11.0. The van der Waals surface area contributed by atoms with Crippen molar-refractivity contribution in [1.29, 1.82) is 0 Å². The number of ether oxygens (including phenoxy) is 1. The molecule has 4 aromatic rings. The quantitative estimate of drug-likeness (QED) is 0.124. The molecule has 4 rings (SSSR count). The fraction of sp³-hybridized carbons (Fsp3) is 0.0357. The molecule has 0 bridgehead atoms. The van der Waals surface area contributed by atoms with E-state index in [1.54, 1.807) is 24.3 Å². The minimum atomic E-state index is -0.633. The van der Waals surface area contributed by atoms with Gasteiger partial charge in [0.05, 0.1) is 22.6 Å². The summed E-state index contributed by atoms with van der Waals surface area (Å²) in [4.78, 5) is 35.4. The normalized spacial score (nSPS) is 10.8. The topological polar surface area (TPSA) is 111 Å². The van der Waals surface area contributed by atoms with Crippen LogP contribution in [0.5, 0.6) is 5.75 Å². The van der Waals surface area contributed by atoms with Crippen LogP contribution in [0.4, 0.5) is 5.69 Å². The third-order valence-electron chi connectivity index (χ3n) is 5.32. The van der Waals surface area contributed by atoms with Gasteiger partial charge in [-0.15, -0.1) is 0 Å². The largest absolute Gasteiger partial charge is 0.423 e. The molecule has 0 aromatic heterocycles. The number of benzene rings is 4. The maximum atomic E-state index is 13.0. The summed E-state index contributed by atoms with van der Waals surface area (Å²) in [6.07, 6.45) is 1.49. The number of nitro groups is 1. The highest BCUT2D eigenvalue weighted by Crippen LogP contribution is 2.24. The van der Waals surface area contributed by atoms with Crippen molar-refractivity contribution in [3.63, 3.8) is 0 Å². The molecule has 0 atom stereocenters. The van der Waals surface area contributed by atoms with E-state index in [0.717, 1.165) is 11.1 Å². The first-order chi connectivity index (χ1) is 17.5. The fourth-order valence-corrected chi connectivity index (χ4v) is 3.53. The van der Waals surface area contributed by atoms with Gasteiger partial charge in [0, 0.05) is 12.1 Å². The van der Waals surface area contributed by atoms with Gasteiger partial charge in [0.2, 0.25) is 0 Å². The summed E-state index contributed by atoms with van der Waals surface area (Å²) in [6, 6.07) is 30.6. The Morgan fingerprint density at radius 2 is 1.36 bits per heavy atom. The number of carbonyl (C=O) groups is 2. The molecule has 0 aliphatic rings. The molecule has 0 unspecified atom stereocenters. The van der Waals surface area contributed by atoms with Crippen molar-refractivity contribution in [3.05, 3.63) is 142 Å². The van der Waals surface area contributed by atoms with E-state index >= 15 is 0 Å². The number of hydrogen-bond acceptors (Lipinski definition) is 6. The average molecular weight is 479 g/mol. The summed E-state index contributed by atoms with van der Waals surface area (Å²) >= 11 is 0. The average Bonchev–Trinajstić information content (AvgIpc) is 2.91. The number of carbonyl (C=O) groups excluding carboxylic acids is 2. The number of nitro benzene ring substituents is 1. The summed E-state index contributed by atoms with van der Waals surface area (Å²) in [6.45, 7) is 0. The van der Waals surface area contributed by atoms with E-state index in [1.165, 1.54) is 30.5 Å². The van der Waals surface area contributed by atoms with Gasteiger partial charge in [0.25, 0.3) is 11.6 Å². The van der Waals surface area contributed by atoms with E-state index in [4.69, 9.17) is 4.74 Å². The van der Waals surface area contributed by atoms with Crippen LogP contribution in [0.2, 0.25) is 0 Å². The molecule has 0 spiro atoms. The van der Waals surface area contributed by atoms with E-state index in [9.17, 15) is 19.7 Å². The van der Waals surface area contributed by atoms with Crippen LogP contribution in [0.25, 0.3) is 0 Å². The molecule has 178 valence electrons. The lowest BCUT2D eigenvalue weighted by Gasteiger charge is -2.16. The second kappa shape index (κ2) is 11.3. The van der Waals surface area contributed by atoms with Gasteiger partial charge in [0.1, 0.15) is 5.75 Å². The Labute approximate surface area is 207 Å². The summed E-state index contributed by atoms with van der Waals surface area (Å²) in [5, 5.41) is 14.8. The summed E-state index contributed by atoms with van der Waals surface area (Å²) < 4.78 is 5.30. The highest BCUT2D eigenvalue weighted by molar-refractivity contribution is 5.91. The van der Waals surface area contributed by atoms with Gasteiger partial charge >= 0.3 is 5.97 Å². The Balaban J connectivity index is 1.38. The van der Waals surface area contributed by atoms with Crippen molar-refractivity contribution in [3.8, 4) is 5.75 Å². The monoisotopic (exact) mass is 479 g/mol. The Morgan fingerprint density at radius 3 is 1.89 bits per heavy atom. The Hall–Kier alpha value is -5.11. The van der Waals surface area contributed by atoms with Crippen LogP contribution in [-0.4, -0.2) is 23.0 Å². The molecular formula is C28H21N3O5. The number of esters is 1. The maximum Gasteiger partial charge on any atom is 0.343 e. The number of nitrogens with one attached hydrogen (secondary N) is 1. The van der Waals surface area contributed by atoms with Gasteiger partial charge in [-0.3, -0.25) is 14.9 Å². The first kappa shape index (κ1) is 24.0. The van der Waals surface area contributed by atoms with Crippen molar-refractivity contribution >= 4 is 23.8 Å². The van der Waals surface area contributed by atoms with Crippen LogP contribution in [0.1, 0.15) is 33.0 Å². The third kappa shape index (κ3) is 6.06. The fourth-order valence-electron chi connectivity index (χ4n) is 3.53. The molecule has 1 amide bonds. The molecule has 0 aliphatic carbocycles. The summed E-state index contributed by atoms with van der Waals surface area (Å²) in [5.41, 5.74) is 5.09. The zero-order valence-corrected chi connectivity index (χ0v) is 19.0. The third-order valence-corrected chi connectivity index (χ3v) is 5.32. The van der Waals surface area contributed by atoms with E-state index in [0.29, 0.717) is 11.3 Å². The van der Waals surface area contributed by atoms with Crippen molar-refractivity contribution in [2.45, 2.75) is 5.92 Å². The predicted octanol–water partition coefficient (Wildman–Crippen LogP) is 5.10. The lowest BCUT2D eigenvalue weighted by atomic mass is 9.91. The molecule has 1 N–H and O–H groups in total. The van der Waals surface area contributed by atoms with E-state index < -0.39 is 16.8 Å². The number of amides is 1. The Bertz CT molecular complexity index is 1330. The van der Waals surface area contributed by atoms with Crippen LogP contribution in [0, 0.1) is 10.1 Å². The zero-order chi connectivity index (χ0) is 25.3. The summed E-state index contributed by atoms with van der Waals surface area (Å²) in [5.74, 6) is -1.11. The first-order valence-corrected chi connectivity index (χ1v) is 11.0. The molecule has 0 saturated heterocycles. The molecule has 8 nitrogen and oxygen atoms in total. The molecule has 0 saturated carbocycles. The molecule has 0 aliphatic heterocycles. The molecule has 36 heavy (non-hydrogen) atoms. The van der Waals surface area contributed by atoms with Gasteiger partial charge in [-0.2, -0.15) is 5.10 Å². The van der Waals surface area contributed by atoms with Gasteiger partial charge in [-0.05, 0) is 53.1 Å². The Morgan fingerprint density at radius 1 is 0.806 bits per heavy atom. The predicted molar refractivity (Wildman–Crippen MR) is 135 cm³/mol. The van der Waals surface area contributed by atoms with E-state index in [-0.39, 0.29) is 17.2 Å². The molecule has 0 radical (unpaired) electrons. The number of hydrogen-bond donors (Lipinski definition) is 1. The second-order valence-corrected chi connectivity index (χ2v) is 7.75. The van der Waals surface area contributed by atoms with Gasteiger partial charge < -0.3 is 4.74 Å². The minimum Gasteiger partial charge on any atom is -0.423 e. The molecule has 8 heteroatoms. The molecule has 4 aromatic carbocycles. The molecule has 0 fully saturated rings. The molecule has 0 heterocycles. The minimum absolute atomic E-state index is 0.110. The number of non-ortho nitro benzene ring substituents is 1. The number of hydrazone groups is 1. The highest BCUT2D eigenvalue weighted by Gasteiger charge is 2.22. The van der Waals surface area contributed by atoms with E-state index in [2.05, 4.69) is 10.5 Å². The Kier molecular flexibility index (Phi) is 7.57. The van der Waals surface area contributed by atoms with Crippen molar-refractivity contribution < 1.29 is 19.2 Å². The van der Waals surface area contributed by atoms with Gasteiger partial charge in [-0.1, -0.05) is 60.7 Å². The van der Waals surface area contributed by atoms with Crippen LogP contribution >= 0.6 is 0 Å². The van der Waals surface area contributed by atoms with Crippen LogP contribution in [0.15, 0.2) is 114 Å². The second-order valence-electron chi connectivity index (χ2n) is 7.75. The van der Waals surface area contributed by atoms with Crippen molar-refractivity contribution in [1.82, 2.24) is 5.43 Å². The standard InChI is InChI=1S/C28H21N3O5/c32-27(26(21-7-3-1-4-8-21)22-9-5-2-6-10-22)30-29-19-20-11-17-25(18-12-20)36-28(33)23-13-15-24(16-14-23)31(34)35/h1-19,26H,(H,30,32)/b29-19+. The number of rotatable bonds is 8. The lowest BCUT2D eigenvalue weighted by molar-refractivity contribution is -0.384. The van der Waals surface area contributed by atoms with Crippen molar-refractivity contribution in [2.75, 3.05) is 0 Å². The van der Waals surface area contributed by atoms with Crippen LogP contribution < -0.4 is 10.2 Å². The lowest BCUT2D eigenvalue weighted by Crippen LogP contribution is -2.26. The highest BCUT2D eigenvalue weighted by atomic mass is 16.6. The van der Waals surface area contributed by atoms with Gasteiger partial charge in [0.15, 0.2) is 0 Å². The molecular weight excluding hydrogens is 458 g/mol.